The quantitative estimate of drug-likeness (QED) is 0.250. The molecule has 0 aliphatic heterocycles. The van der Waals surface area contributed by atoms with Gasteiger partial charge in [0.25, 0.3) is 0 Å². The summed E-state index contributed by atoms with van der Waals surface area (Å²) >= 11 is 2.25. The summed E-state index contributed by atoms with van der Waals surface area (Å²) in [5.41, 5.74) is 0. The van der Waals surface area contributed by atoms with Crippen molar-refractivity contribution in [1.82, 2.24) is 0 Å². The van der Waals surface area contributed by atoms with Crippen LogP contribution in [0.25, 0.3) is 0 Å². The monoisotopic (exact) mass is 202 g/mol. The molecule has 15 heavy (non-hydrogen) atoms. The summed E-state index contributed by atoms with van der Waals surface area (Å²) in [6.45, 7) is 2.28. The Balaban J connectivity index is 2.95. The average Bonchev–Trinajstić information content (AvgIpc) is 2.26. The normalized spacial score (nSPS) is 11.4. The van der Waals surface area contributed by atoms with Gasteiger partial charge in [-0.05, 0) is 0 Å². The van der Waals surface area contributed by atoms with Crippen LogP contribution in [0.2, 0.25) is 5.09 Å². The first-order valence-electron chi connectivity index (χ1n) is 7.06. The van der Waals surface area contributed by atoms with E-state index in [-0.39, 0.29) is 0 Å². The number of rotatable bonds is 11. The van der Waals surface area contributed by atoms with Gasteiger partial charge in [-0.1, -0.05) is 13.3 Å². The van der Waals surface area contributed by atoms with Gasteiger partial charge in [0.2, 0.25) is 0 Å². The summed E-state index contributed by atoms with van der Waals surface area (Å²) in [5, 5.41) is 1.32. The molecule has 0 nitrogen and oxygen atoms in total. The summed E-state index contributed by atoms with van der Waals surface area (Å²) in [7, 11) is 0. The zero-order valence-electron chi connectivity index (χ0n) is 10.9. The third-order valence-corrected chi connectivity index (χ3v) is 2.87. The van der Waals surface area contributed by atoms with Crippen LogP contribution in [0.3, 0.4) is 0 Å². The van der Waals surface area contributed by atoms with E-state index in [4.69, 9.17) is 0 Å². The van der Waals surface area contributed by atoms with E-state index < -0.39 is 0 Å². The molecule has 0 atom stereocenters. The molecule has 0 aliphatic rings. The van der Waals surface area contributed by atoms with Crippen molar-refractivity contribution < 1.29 is 0 Å². The molecule has 0 aliphatic carbocycles. The van der Waals surface area contributed by atoms with Gasteiger partial charge in [0.15, 0.2) is 0 Å². The van der Waals surface area contributed by atoms with Crippen molar-refractivity contribution >= 4 is 17.7 Å². The second-order valence-electron chi connectivity index (χ2n) is 4.52. The van der Waals surface area contributed by atoms with Crippen molar-refractivity contribution in [2.75, 3.05) is 0 Å². The fourth-order valence-corrected chi connectivity index (χ4v) is 1.78. The molecule has 84 valence electrons. The Hall–Kier alpha value is 0.337. The first-order chi connectivity index (χ1) is 7.41. The molecule has 0 rings (SSSR count). The van der Waals surface area contributed by atoms with Crippen molar-refractivity contribution in [2.24, 2.45) is 0 Å². The zero-order valence-corrected chi connectivity index (χ0v) is 10.9. The fraction of sp³-hybridized carbons (Fsp3) is 0.857. The predicted molar refractivity (Wildman–Crippen MR) is 71.5 cm³/mol. The SMILES string of the molecule is [Li][CH2]CC/C=C/CCCCCCCCC. The minimum Gasteiger partial charge on any atom is -0.0654 e. The van der Waals surface area contributed by atoms with Crippen molar-refractivity contribution in [3.63, 3.8) is 0 Å². The molecule has 0 amide bonds. The summed E-state index contributed by atoms with van der Waals surface area (Å²) in [6.07, 6.45) is 18.6. The summed E-state index contributed by atoms with van der Waals surface area (Å²) < 4.78 is 0. The van der Waals surface area contributed by atoms with Gasteiger partial charge < -0.3 is 0 Å². The van der Waals surface area contributed by atoms with E-state index in [9.17, 15) is 0 Å². The molecule has 0 saturated heterocycles. The van der Waals surface area contributed by atoms with Gasteiger partial charge in [-0.3, -0.25) is 0 Å². The molecule has 0 aromatic heterocycles. The maximum absolute atomic E-state index is 2.38. The predicted octanol–water partition coefficient (Wildman–Crippen LogP) is 5.05. The van der Waals surface area contributed by atoms with E-state index in [0.717, 1.165) is 0 Å². The number of unbranched alkanes of at least 4 members (excludes halogenated alkanes) is 8. The Labute approximate surface area is 106 Å². The Morgan fingerprint density at radius 1 is 0.733 bits per heavy atom. The first kappa shape index (κ1) is 15.3. The fourth-order valence-electron chi connectivity index (χ4n) is 1.78. The molecule has 0 fully saturated rings. The third kappa shape index (κ3) is 14.3. The number of hydrogen-bond acceptors (Lipinski definition) is 0. The minimum absolute atomic E-state index is 1.28. The van der Waals surface area contributed by atoms with E-state index in [1.807, 2.05) is 0 Å². The second-order valence-corrected chi connectivity index (χ2v) is 4.52. The van der Waals surface area contributed by atoms with Gasteiger partial charge >= 0.3 is 92.7 Å². The van der Waals surface area contributed by atoms with Crippen LogP contribution in [-0.2, 0) is 0 Å². The van der Waals surface area contributed by atoms with Crippen LogP contribution in [0.4, 0.5) is 0 Å². The second kappa shape index (κ2) is 14.3. The van der Waals surface area contributed by atoms with Crippen molar-refractivity contribution in [1.29, 1.82) is 0 Å². The molecule has 0 aromatic carbocycles. The van der Waals surface area contributed by atoms with Gasteiger partial charge in [-0.15, -0.1) is 0 Å². The van der Waals surface area contributed by atoms with Crippen LogP contribution in [-0.4, -0.2) is 17.7 Å². The van der Waals surface area contributed by atoms with Crippen LogP contribution in [0, 0.1) is 0 Å². The van der Waals surface area contributed by atoms with E-state index in [2.05, 4.69) is 36.8 Å². The molecular weight excluding hydrogens is 175 g/mol. The van der Waals surface area contributed by atoms with E-state index in [0.29, 0.717) is 0 Å². The van der Waals surface area contributed by atoms with Gasteiger partial charge in [0, 0.05) is 0 Å². The Morgan fingerprint density at radius 3 is 1.87 bits per heavy atom. The molecule has 0 N–H and O–H groups in total. The first-order valence-corrected chi connectivity index (χ1v) is 7.06. The van der Waals surface area contributed by atoms with Gasteiger partial charge in [0.1, 0.15) is 0 Å². The molecule has 0 heterocycles. The summed E-state index contributed by atoms with van der Waals surface area (Å²) in [4.78, 5) is 0. The third-order valence-electron chi connectivity index (χ3n) is 2.87. The molecule has 0 radical (unpaired) electrons. The molecule has 0 unspecified atom stereocenters. The van der Waals surface area contributed by atoms with Crippen LogP contribution in [0.15, 0.2) is 12.2 Å². The standard InChI is InChI=1S/C14H27.Li/c1-3-5-7-9-11-13-14-12-10-8-6-4-2;/h7,9H,1,3-6,8,10-14H2,2H3;/b9-7+;. The Kier molecular flexibility index (Phi) is 14.7. The van der Waals surface area contributed by atoms with E-state index in [1.54, 1.807) is 0 Å². The van der Waals surface area contributed by atoms with Crippen molar-refractivity contribution in [3.05, 3.63) is 12.2 Å². The van der Waals surface area contributed by atoms with Crippen LogP contribution in [0.1, 0.15) is 71.1 Å². The van der Waals surface area contributed by atoms with Gasteiger partial charge in [0.05, 0.1) is 0 Å². The molecule has 0 spiro atoms. The average molecular weight is 202 g/mol. The molecule has 0 saturated carbocycles. The molecule has 0 bridgehead atoms. The van der Waals surface area contributed by atoms with Crippen molar-refractivity contribution in [3.8, 4) is 0 Å². The molecule has 1 heteroatoms. The minimum atomic E-state index is 1.28. The van der Waals surface area contributed by atoms with Gasteiger partial charge in [-0.25, -0.2) is 0 Å². The zero-order chi connectivity index (χ0) is 11.2. The molecular formula is C14H27Li. The Morgan fingerprint density at radius 2 is 1.27 bits per heavy atom. The number of hydrogen-bond donors (Lipinski definition) is 0. The van der Waals surface area contributed by atoms with E-state index >= 15 is 0 Å². The summed E-state index contributed by atoms with van der Waals surface area (Å²) in [5.74, 6) is 0. The maximum atomic E-state index is 2.38. The van der Waals surface area contributed by atoms with E-state index in [1.165, 1.54) is 69.3 Å². The Bertz CT molecular complexity index is 129. The van der Waals surface area contributed by atoms with Crippen LogP contribution >= 0.6 is 0 Å². The topological polar surface area (TPSA) is 0 Å². The van der Waals surface area contributed by atoms with Gasteiger partial charge in [-0.2, -0.15) is 0 Å². The van der Waals surface area contributed by atoms with Crippen LogP contribution < -0.4 is 0 Å². The van der Waals surface area contributed by atoms with Crippen molar-refractivity contribution in [2.45, 2.75) is 76.2 Å². The summed E-state index contributed by atoms with van der Waals surface area (Å²) in [6, 6.07) is 0. The molecule has 0 aromatic rings. The smallest absolute Gasteiger partial charge is 0.0654 e. The number of allylic oxidation sites excluding steroid dienone is 2. The van der Waals surface area contributed by atoms with Crippen LogP contribution in [0.5, 0.6) is 0 Å².